The van der Waals surface area contributed by atoms with E-state index in [0.29, 0.717) is 13.2 Å². The third kappa shape index (κ3) is 5.88. The van der Waals surface area contributed by atoms with Crippen LogP contribution in [0.15, 0.2) is 0 Å². The van der Waals surface area contributed by atoms with E-state index in [-0.39, 0.29) is 8.15 Å². The molecule has 0 saturated heterocycles. The van der Waals surface area contributed by atoms with Crippen LogP contribution in [0.25, 0.3) is 4.85 Å². The minimum atomic E-state index is -0.255. The molecule has 0 atom stereocenters. The SMILES string of the molecule is [C-]#[N+]CCOP(C)C. The Morgan fingerprint density at radius 2 is 2.25 bits per heavy atom. The Hall–Kier alpha value is -0.120. The topological polar surface area (TPSA) is 13.6 Å². The monoisotopic (exact) mass is 131 g/mol. The molecule has 0 N–H and O–H groups in total. The lowest BCUT2D eigenvalue weighted by Gasteiger charge is -2.00. The second kappa shape index (κ2) is 5.03. The van der Waals surface area contributed by atoms with Crippen LogP contribution < -0.4 is 0 Å². The molecule has 0 saturated carbocycles. The highest BCUT2D eigenvalue weighted by atomic mass is 31.1. The average Bonchev–Trinajstić information content (AvgIpc) is 1.66. The molecule has 0 aliphatic carbocycles. The molecule has 0 spiro atoms. The number of nitrogens with zero attached hydrogens (tertiary/aromatic N) is 1. The fraction of sp³-hybridized carbons (Fsp3) is 0.800. The zero-order valence-electron chi connectivity index (χ0n) is 5.22. The molecule has 0 rings (SSSR count). The highest BCUT2D eigenvalue weighted by molar-refractivity contribution is 7.50. The first-order chi connectivity index (χ1) is 3.77. The smallest absolute Gasteiger partial charge is 0.238 e. The van der Waals surface area contributed by atoms with Crippen molar-refractivity contribution in [3.8, 4) is 0 Å². The van der Waals surface area contributed by atoms with Crippen molar-refractivity contribution < 1.29 is 4.52 Å². The predicted molar refractivity (Wildman–Crippen MR) is 36.2 cm³/mol. The van der Waals surface area contributed by atoms with Crippen LogP contribution in [0.4, 0.5) is 0 Å². The summed E-state index contributed by atoms with van der Waals surface area (Å²) in [5.74, 6) is 0. The van der Waals surface area contributed by atoms with Crippen LogP contribution in [-0.4, -0.2) is 26.5 Å². The molecule has 0 aromatic carbocycles. The number of rotatable bonds is 3. The standard InChI is InChI=1S/C5H10NOP/c1-6-4-5-7-8(2)3/h4-5H2,2-3H3. The molecule has 0 unspecified atom stereocenters. The molecule has 0 amide bonds. The van der Waals surface area contributed by atoms with Crippen molar-refractivity contribution >= 4 is 8.15 Å². The highest BCUT2D eigenvalue weighted by Gasteiger charge is 1.91. The van der Waals surface area contributed by atoms with E-state index in [0.717, 1.165) is 0 Å². The van der Waals surface area contributed by atoms with Gasteiger partial charge in [0.2, 0.25) is 6.54 Å². The summed E-state index contributed by atoms with van der Waals surface area (Å²) in [5, 5.41) is 0. The molecule has 0 aliphatic heterocycles. The first kappa shape index (κ1) is 7.88. The van der Waals surface area contributed by atoms with Gasteiger partial charge in [0, 0.05) is 8.15 Å². The van der Waals surface area contributed by atoms with Crippen molar-refractivity contribution in [1.29, 1.82) is 0 Å². The quantitative estimate of drug-likeness (QED) is 0.322. The normalized spacial score (nSPS) is 9.25. The predicted octanol–water partition coefficient (Wildman–Crippen LogP) is 1.58. The summed E-state index contributed by atoms with van der Waals surface area (Å²) in [6.45, 7) is 11.6. The van der Waals surface area contributed by atoms with Crippen LogP contribution in [0.5, 0.6) is 0 Å². The average molecular weight is 131 g/mol. The van der Waals surface area contributed by atoms with Gasteiger partial charge < -0.3 is 9.37 Å². The van der Waals surface area contributed by atoms with E-state index in [1.54, 1.807) is 0 Å². The minimum Gasteiger partial charge on any atom is -0.352 e. The van der Waals surface area contributed by atoms with Crippen LogP contribution in [0.1, 0.15) is 0 Å². The Morgan fingerprint density at radius 1 is 1.62 bits per heavy atom. The summed E-state index contributed by atoms with van der Waals surface area (Å²) in [7, 11) is -0.255. The van der Waals surface area contributed by atoms with E-state index < -0.39 is 0 Å². The van der Waals surface area contributed by atoms with Gasteiger partial charge in [-0.05, 0) is 13.3 Å². The molecule has 0 heterocycles. The van der Waals surface area contributed by atoms with Crippen LogP contribution in [0, 0.1) is 6.57 Å². The summed E-state index contributed by atoms with van der Waals surface area (Å²) in [6.07, 6.45) is 0. The van der Waals surface area contributed by atoms with Gasteiger partial charge in [-0.25, -0.2) is 6.57 Å². The molecule has 0 aromatic rings. The van der Waals surface area contributed by atoms with Crippen molar-refractivity contribution in [2.45, 2.75) is 0 Å². The molecule has 0 bridgehead atoms. The van der Waals surface area contributed by atoms with Crippen LogP contribution in [-0.2, 0) is 4.52 Å². The van der Waals surface area contributed by atoms with E-state index >= 15 is 0 Å². The van der Waals surface area contributed by atoms with Gasteiger partial charge in [-0.15, -0.1) is 0 Å². The highest BCUT2D eigenvalue weighted by Crippen LogP contribution is 2.24. The molecule has 8 heavy (non-hydrogen) atoms. The lowest BCUT2D eigenvalue weighted by molar-refractivity contribution is 0.379. The summed E-state index contributed by atoms with van der Waals surface area (Å²) >= 11 is 0. The Balaban J connectivity index is 2.85. The van der Waals surface area contributed by atoms with E-state index in [9.17, 15) is 0 Å². The Bertz CT molecular complexity index is 86.9. The minimum absolute atomic E-state index is 0.255. The number of hydrogen-bond acceptors (Lipinski definition) is 1. The van der Waals surface area contributed by atoms with Crippen molar-refractivity contribution in [2.24, 2.45) is 0 Å². The van der Waals surface area contributed by atoms with Gasteiger partial charge in [0.05, 0.1) is 0 Å². The summed E-state index contributed by atoms with van der Waals surface area (Å²) in [5.41, 5.74) is 0. The van der Waals surface area contributed by atoms with Gasteiger partial charge in [0.25, 0.3) is 0 Å². The lowest BCUT2D eigenvalue weighted by atomic mass is 10.7. The van der Waals surface area contributed by atoms with Crippen LogP contribution in [0.3, 0.4) is 0 Å². The van der Waals surface area contributed by atoms with Gasteiger partial charge in [-0.3, -0.25) is 0 Å². The maximum Gasteiger partial charge on any atom is 0.238 e. The molecule has 3 heteroatoms. The Kier molecular flexibility index (Phi) is 4.95. The van der Waals surface area contributed by atoms with E-state index in [2.05, 4.69) is 4.85 Å². The summed E-state index contributed by atoms with van der Waals surface area (Å²) in [6, 6.07) is 0. The van der Waals surface area contributed by atoms with Crippen molar-refractivity contribution in [3.63, 3.8) is 0 Å². The molecule has 2 nitrogen and oxygen atoms in total. The fourth-order valence-corrected chi connectivity index (χ4v) is 0.716. The van der Waals surface area contributed by atoms with Gasteiger partial charge in [-0.2, -0.15) is 0 Å². The molecule has 0 aliphatic rings. The zero-order valence-corrected chi connectivity index (χ0v) is 6.11. The largest absolute Gasteiger partial charge is 0.352 e. The zero-order chi connectivity index (χ0) is 6.41. The van der Waals surface area contributed by atoms with E-state index in [4.69, 9.17) is 11.1 Å². The molecular weight excluding hydrogens is 121 g/mol. The van der Waals surface area contributed by atoms with Gasteiger partial charge in [-0.1, -0.05) is 0 Å². The molecule has 0 radical (unpaired) electrons. The van der Waals surface area contributed by atoms with E-state index in [1.165, 1.54) is 0 Å². The summed E-state index contributed by atoms with van der Waals surface area (Å²) in [4.78, 5) is 3.14. The first-order valence-electron chi connectivity index (χ1n) is 2.41. The summed E-state index contributed by atoms with van der Waals surface area (Å²) < 4.78 is 5.13. The molecule has 0 aromatic heterocycles. The third-order valence-corrected chi connectivity index (χ3v) is 1.25. The van der Waals surface area contributed by atoms with Crippen LogP contribution in [0.2, 0.25) is 0 Å². The van der Waals surface area contributed by atoms with Gasteiger partial charge in [0.15, 0.2) is 0 Å². The van der Waals surface area contributed by atoms with Crippen LogP contribution >= 0.6 is 8.15 Å². The number of hydrogen-bond donors (Lipinski definition) is 0. The maximum atomic E-state index is 6.40. The van der Waals surface area contributed by atoms with Gasteiger partial charge in [0.1, 0.15) is 6.61 Å². The van der Waals surface area contributed by atoms with Crippen molar-refractivity contribution in [1.82, 2.24) is 0 Å². The Morgan fingerprint density at radius 3 is 2.62 bits per heavy atom. The van der Waals surface area contributed by atoms with Gasteiger partial charge >= 0.3 is 0 Å². The second-order valence-electron chi connectivity index (χ2n) is 1.53. The third-order valence-electron chi connectivity index (χ3n) is 0.553. The fourth-order valence-electron chi connectivity index (χ4n) is 0.269. The Labute approximate surface area is 51.5 Å². The first-order valence-corrected chi connectivity index (χ1v) is 4.56. The second-order valence-corrected chi connectivity index (χ2v) is 3.41. The molecule has 46 valence electrons. The van der Waals surface area contributed by atoms with Crippen molar-refractivity contribution in [2.75, 3.05) is 26.5 Å². The molecular formula is C5H10NOP. The maximum absolute atomic E-state index is 6.40. The van der Waals surface area contributed by atoms with E-state index in [1.807, 2.05) is 13.3 Å². The lowest BCUT2D eigenvalue weighted by Crippen LogP contribution is -1.89. The molecule has 0 fully saturated rings. The van der Waals surface area contributed by atoms with Crippen molar-refractivity contribution in [3.05, 3.63) is 11.4 Å².